The first-order valence-corrected chi connectivity index (χ1v) is 12.9. The van der Waals surface area contributed by atoms with Crippen LogP contribution in [0.5, 0.6) is 0 Å². The molecule has 1 aromatic heterocycles. The van der Waals surface area contributed by atoms with Crippen LogP contribution in [0.3, 0.4) is 0 Å². The highest BCUT2D eigenvalue weighted by atomic mass is 19.1. The summed E-state index contributed by atoms with van der Waals surface area (Å²) < 4.78 is 19.5. The van der Waals surface area contributed by atoms with Gasteiger partial charge in [-0.1, -0.05) is 12.1 Å². The summed E-state index contributed by atoms with van der Waals surface area (Å²) in [5, 5.41) is 3.29. The maximum Gasteiger partial charge on any atom is 0.256 e. The molecule has 9 heteroatoms. The molecule has 3 saturated heterocycles. The molecular weight excluding hydrogens is 461 g/mol. The number of hydrogen-bond acceptors (Lipinski definition) is 6. The van der Waals surface area contributed by atoms with Gasteiger partial charge in [-0.2, -0.15) is 0 Å². The van der Waals surface area contributed by atoms with Crippen LogP contribution in [0, 0.1) is 5.82 Å². The van der Waals surface area contributed by atoms with Crippen molar-refractivity contribution in [1.82, 2.24) is 25.0 Å². The minimum absolute atomic E-state index is 0.00934. The van der Waals surface area contributed by atoms with Crippen molar-refractivity contribution in [3.63, 3.8) is 0 Å². The van der Waals surface area contributed by atoms with E-state index in [0.29, 0.717) is 44.7 Å². The fourth-order valence-corrected chi connectivity index (χ4v) is 5.50. The van der Waals surface area contributed by atoms with Gasteiger partial charge in [-0.15, -0.1) is 0 Å². The number of ether oxygens (including phenoxy) is 1. The molecule has 4 heterocycles. The quantitative estimate of drug-likeness (QED) is 0.633. The smallest absolute Gasteiger partial charge is 0.256 e. The average Bonchev–Trinajstić information content (AvgIpc) is 3.60. The Labute approximate surface area is 211 Å². The van der Waals surface area contributed by atoms with Gasteiger partial charge in [0.05, 0.1) is 11.7 Å². The van der Waals surface area contributed by atoms with E-state index in [0.717, 1.165) is 38.1 Å². The van der Waals surface area contributed by atoms with Gasteiger partial charge >= 0.3 is 0 Å². The molecule has 36 heavy (non-hydrogen) atoms. The second-order valence-corrected chi connectivity index (χ2v) is 9.87. The summed E-state index contributed by atoms with van der Waals surface area (Å²) in [6.45, 7) is 5.33. The highest BCUT2D eigenvalue weighted by molar-refractivity contribution is 5.97. The van der Waals surface area contributed by atoms with Crippen LogP contribution in [0.1, 0.15) is 35.2 Å². The van der Waals surface area contributed by atoms with E-state index in [1.807, 2.05) is 4.90 Å². The Hall–Kier alpha value is -2.88. The van der Waals surface area contributed by atoms with Crippen LogP contribution in [0.4, 0.5) is 4.39 Å². The summed E-state index contributed by atoms with van der Waals surface area (Å²) in [6.07, 6.45) is 5.91. The molecule has 0 spiro atoms. The van der Waals surface area contributed by atoms with Gasteiger partial charge in [-0.05, 0) is 49.1 Å². The number of carbonyl (C=O) groups excluding carboxylic acids is 2. The van der Waals surface area contributed by atoms with Crippen molar-refractivity contribution >= 4 is 11.8 Å². The first kappa shape index (κ1) is 24.8. The van der Waals surface area contributed by atoms with Crippen molar-refractivity contribution in [2.24, 2.45) is 0 Å². The van der Waals surface area contributed by atoms with Gasteiger partial charge in [0, 0.05) is 70.9 Å². The number of amides is 2. The summed E-state index contributed by atoms with van der Waals surface area (Å²) in [4.78, 5) is 37.3. The van der Waals surface area contributed by atoms with E-state index in [2.05, 4.69) is 15.2 Å². The summed E-state index contributed by atoms with van der Waals surface area (Å²) >= 11 is 0. The van der Waals surface area contributed by atoms with Gasteiger partial charge in [0.25, 0.3) is 5.91 Å². The number of piperazine rings is 1. The molecule has 2 amide bonds. The SMILES string of the molecule is O=C(C1CC(N(Cc2ccc(F)cc2)CC2CCCO2)CN1C(=O)c1cccnc1)N1CCNCC1. The van der Waals surface area contributed by atoms with E-state index in [1.165, 1.54) is 12.1 Å². The lowest BCUT2D eigenvalue weighted by molar-refractivity contribution is -0.135. The Morgan fingerprint density at radius 2 is 1.97 bits per heavy atom. The van der Waals surface area contributed by atoms with Crippen molar-refractivity contribution in [3.05, 3.63) is 65.7 Å². The number of halogens is 1. The minimum atomic E-state index is -0.527. The zero-order valence-corrected chi connectivity index (χ0v) is 20.5. The predicted molar refractivity (Wildman–Crippen MR) is 133 cm³/mol. The van der Waals surface area contributed by atoms with Crippen molar-refractivity contribution in [2.75, 3.05) is 45.9 Å². The van der Waals surface area contributed by atoms with E-state index >= 15 is 0 Å². The molecular formula is C27H34FN5O3. The van der Waals surface area contributed by atoms with Gasteiger partial charge in [0.15, 0.2) is 0 Å². The summed E-state index contributed by atoms with van der Waals surface area (Å²) in [5.41, 5.74) is 1.48. The number of hydrogen-bond donors (Lipinski definition) is 1. The lowest BCUT2D eigenvalue weighted by Gasteiger charge is -2.32. The molecule has 0 bridgehead atoms. The molecule has 0 saturated carbocycles. The maximum atomic E-state index is 13.7. The van der Waals surface area contributed by atoms with E-state index in [-0.39, 0.29) is 29.8 Å². The molecule has 0 aliphatic carbocycles. The second-order valence-electron chi connectivity index (χ2n) is 9.87. The number of nitrogens with one attached hydrogen (secondary N) is 1. The number of pyridine rings is 1. The predicted octanol–water partition coefficient (Wildman–Crippen LogP) is 1.92. The van der Waals surface area contributed by atoms with Crippen LogP contribution in [-0.4, -0.2) is 95.6 Å². The molecule has 0 radical (unpaired) electrons. The van der Waals surface area contributed by atoms with Crippen LogP contribution in [0.15, 0.2) is 48.8 Å². The van der Waals surface area contributed by atoms with Gasteiger partial charge in [0.2, 0.25) is 5.91 Å². The molecule has 3 aliphatic heterocycles. The van der Waals surface area contributed by atoms with Gasteiger partial charge < -0.3 is 19.9 Å². The Kier molecular flexibility index (Phi) is 7.89. The van der Waals surface area contributed by atoms with Crippen molar-refractivity contribution in [1.29, 1.82) is 0 Å². The molecule has 1 N–H and O–H groups in total. The topological polar surface area (TPSA) is 78.0 Å². The number of rotatable bonds is 7. The summed E-state index contributed by atoms with van der Waals surface area (Å²) in [7, 11) is 0. The molecule has 192 valence electrons. The molecule has 2 aromatic rings. The Morgan fingerprint density at radius 1 is 1.17 bits per heavy atom. The highest BCUT2D eigenvalue weighted by Gasteiger charge is 2.44. The number of benzene rings is 1. The van der Waals surface area contributed by atoms with E-state index < -0.39 is 6.04 Å². The first-order chi connectivity index (χ1) is 17.6. The summed E-state index contributed by atoms with van der Waals surface area (Å²) in [5.74, 6) is -0.423. The third-order valence-corrected chi connectivity index (χ3v) is 7.44. The molecule has 1 aromatic carbocycles. The van der Waals surface area contributed by atoms with Crippen molar-refractivity contribution in [3.8, 4) is 0 Å². The lowest BCUT2D eigenvalue weighted by Crippen LogP contribution is -2.53. The molecule has 8 nitrogen and oxygen atoms in total. The lowest BCUT2D eigenvalue weighted by atomic mass is 10.1. The average molecular weight is 496 g/mol. The van der Waals surface area contributed by atoms with Crippen LogP contribution in [-0.2, 0) is 16.1 Å². The largest absolute Gasteiger partial charge is 0.377 e. The van der Waals surface area contributed by atoms with Gasteiger partial charge in [-0.3, -0.25) is 19.5 Å². The Morgan fingerprint density at radius 3 is 2.67 bits per heavy atom. The van der Waals surface area contributed by atoms with Crippen LogP contribution in [0.2, 0.25) is 0 Å². The van der Waals surface area contributed by atoms with Gasteiger partial charge in [-0.25, -0.2) is 4.39 Å². The zero-order chi connectivity index (χ0) is 24.9. The third-order valence-electron chi connectivity index (χ3n) is 7.44. The highest BCUT2D eigenvalue weighted by Crippen LogP contribution is 2.28. The second kappa shape index (κ2) is 11.5. The maximum absolute atomic E-state index is 13.7. The van der Waals surface area contributed by atoms with E-state index in [1.54, 1.807) is 41.6 Å². The number of carbonyl (C=O) groups is 2. The fourth-order valence-electron chi connectivity index (χ4n) is 5.50. The van der Waals surface area contributed by atoms with Crippen molar-refractivity contribution in [2.45, 2.75) is 44.0 Å². The standard InChI is InChI=1S/C27H34FN5O3/c28-22-7-5-20(6-8-22)17-32(19-24-4-2-14-36-24)23-15-25(27(35)31-12-10-29-11-13-31)33(18-23)26(34)21-3-1-9-30-16-21/h1,3,5-9,16,23-25,29H,2,4,10-15,17-19H2. The molecule has 5 rings (SSSR count). The monoisotopic (exact) mass is 495 g/mol. The zero-order valence-electron chi connectivity index (χ0n) is 20.5. The Bertz CT molecular complexity index is 1030. The molecule has 3 fully saturated rings. The van der Waals surface area contributed by atoms with E-state index in [4.69, 9.17) is 4.74 Å². The number of nitrogens with zero attached hydrogens (tertiary/aromatic N) is 4. The number of aromatic nitrogens is 1. The Balaban J connectivity index is 1.40. The molecule has 3 aliphatic rings. The molecule has 3 atom stereocenters. The van der Waals surface area contributed by atoms with Crippen LogP contribution < -0.4 is 5.32 Å². The normalized spacial score (nSPS) is 24.4. The summed E-state index contributed by atoms with van der Waals surface area (Å²) in [6, 6.07) is 9.50. The van der Waals surface area contributed by atoms with Crippen LogP contribution in [0.25, 0.3) is 0 Å². The van der Waals surface area contributed by atoms with Crippen LogP contribution >= 0.6 is 0 Å². The molecule has 3 unspecified atom stereocenters. The number of likely N-dealkylation sites (tertiary alicyclic amines) is 1. The third kappa shape index (κ3) is 5.74. The van der Waals surface area contributed by atoms with Gasteiger partial charge in [0.1, 0.15) is 11.9 Å². The first-order valence-electron chi connectivity index (χ1n) is 12.9. The van der Waals surface area contributed by atoms with Crippen molar-refractivity contribution < 1.29 is 18.7 Å². The van der Waals surface area contributed by atoms with E-state index in [9.17, 15) is 14.0 Å². The minimum Gasteiger partial charge on any atom is -0.377 e. The fraction of sp³-hybridized carbons (Fsp3) is 0.519.